The van der Waals surface area contributed by atoms with Gasteiger partial charge in [0.15, 0.2) is 0 Å². The van der Waals surface area contributed by atoms with Crippen molar-refractivity contribution in [3.05, 3.63) is 52.0 Å². The van der Waals surface area contributed by atoms with Gasteiger partial charge < -0.3 is 10.1 Å². The topological polar surface area (TPSA) is 34.1 Å². The Morgan fingerprint density at radius 3 is 2.81 bits per heavy atom. The number of likely N-dealkylation sites (N-methyl/N-ethyl adjacent to an activating group) is 1. The maximum absolute atomic E-state index is 5.91. The molecule has 1 aliphatic rings. The summed E-state index contributed by atoms with van der Waals surface area (Å²) in [7, 11) is 2.01. The molecule has 3 atom stereocenters. The van der Waals surface area contributed by atoms with Gasteiger partial charge in [-0.15, -0.1) is 11.3 Å². The fourth-order valence-electron chi connectivity index (χ4n) is 2.83. The Morgan fingerprint density at radius 1 is 1.33 bits per heavy atom. The number of benzene rings is 1. The highest BCUT2D eigenvalue weighted by Crippen LogP contribution is 2.34. The van der Waals surface area contributed by atoms with E-state index in [1.54, 1.807) is 11.3 Å². The highest BCUT2D eigenvalue weighted by atomic mass is 32.1. The molecule has 1 aromatic carbocycles. The molecular formula is C17H22N2OS. The standard InChI is InChI=1S/C17H22N2OS/c1-12-8-9-16(20-12)17-19-14(11-21-17)10-15(18-2)13-6-4-3-5-7-13/h3-7,11-12,15-16,18H,8-10H2,1-2H3. The zero-order valence-corrected chi connectivity index (χ0v) is 13.4. The first-order chi connectivity index (χ1) is 10.3. The highest BCUT2D eigenvalue weighted by Gasteiger charge is 2.26. The molecule has 2 aromatic rings. The molecule has 2 heterocycles. The van der Waals surface area contributed by atoms with Crippen LogP contribution in [0.3, 0.4) is 0 Å². The van der Waals surface area contributed by atoms with Crippen molar-refractivity contribution in [1.82, 2.24) is 10.3 Å². The monoisotopic (exact) mass is 302 g/mol. The highest BCUT2D eigenvalue weighted by molar-refractivity contribution is 7.09. The molecule has 3 unspecified atom stereocenters. The molecule has 0 bridgehead atoms. The third-order valence-electron chi connectivity index (χ3n) is 4.04. The van der Waals surface area contributed by atoms with Crippen molar-refractivity contribution in [3.8, 4) is 0 Å². The second kappa shape index (κ2) is 6.69. The molecule has 112 valence electrons. The molecule has 0 radical (unpaired) electrons. The predicted octanol–water partition coefficient (Wildman–Crippen LogP) is 3.89. The van der Waals surface area contributed by atoms with Crippen LogP contribution in [0.25, 0.3) is 0 Å². The van der Waals surface area contributed by atoms with Gasteiger partial charge in [-0.1, -0.05) is 30.3 Å². The van der Waals surface area contributed by atoms with Crippen LogP contribution in [-0.4, -0.2) is 18.1 Å². The lowest BCUT2D eigenvalue weighted by Gasteiger charge is -2.15. The summed E-state index contributed by atoms with van der Waals surface area (Å²) in [6, 6.07) is 10.9. The Labute approximate surface area is 130 Å². The third kappa shape index (κ3) is 3.51. The summed E-state index contributed by atoms with van der Waals surface area (Å²) in [5.41, 5.74) is 2.46. The van der Waals surface area contributed by atoms with Crippen molar-refractivity contribution in [3.63, 3.8) is 0 Å². The molecule has 21 heavy (non-hydrogen) atoms. The SMILES string of the molecule is CNC(Cc1csc(C2CCC(C)O2)n1)c1ccccc1. The average molecular weight is 302 g/mol. The average Bonchev–Trinajstić information content (AvgIpc) is 3.14. The summed E-state index contributed by atoms with van der Waals surface area (Å²) in [5.74, 6) is 0. The minimum absolute atomic E-state index is 0.212. The van der Waals surface area contributed by atoms with Crippen molar-refractivity contribution in [1.29, 1.82) is 0 Å². The van der Waals surface area contributed by atoms with Crippen LogP contribution in [0, 0.1) is 0 Å². The first-order valence-electron chi connectivity index (χ1n) is 7.58. The third-order valence-corrected chi connectivity index (χ3v) is 5.03. The number of rotatable bonds is 5. The molecule has 0 amide bonds. The van der Waals surface area contributed by atoms with Crippen LogP contribution in [0.2, 0.25) is 0 Å². The van der Waals surface area contributed by atoms with Gasteiger partial charge in [-0.2, -0.15) is 0 Å². The Hall–Kier alpha value is -1.23. The maximum atomic E-state index is 5.91. The van der Waals surface area contributed by atoms with Crippen molar-refractivity contribution in [2.75, 3.05) is 7.05 Å². The van der Waals surface area contributed by atoms with E-state index in [0.29, 0.717) is 12.1 Å². The summed E-state index contributed by atoms with van der Waals surface area (Å²) in [6.07, 6.45) is 3.74. The van der Waals surface area contributed by atoms with Gasteiger partial charge in [0.05, 0.1) is 11.8 Å². The lowest BCUT2D eigenvalue weighted by Crippen LogP contribution is -2.18. The van der Waals surface area contributed by atoms with E-state index in [2.05, 4.69) is 48.0 Å². The van der Waals surface area contributed by atoms with Crippen LogP contribution in [0.4, 0.5) is 0 Å². The van der Waals surface area contributed by atoms with Gasteiger partial charge in [0.2, 0.25) is 0 Å². The molecule has 1 aliphatic heterocycles. The van der Waals surface area contributed by atoms with E-state index in [1.807, 2.05) is 7.05 Å². The molecule has 0 aliphatic carbocycles. The summed E-state index contributed by atoms with van der Waals surface area (Å²) < 4.78 is 5.91. The van der Waals surface area contributed by atoms with Crippen molar-refractivity contribution < 1.29 is 4.74 Å². The van der Waals surface area contributed by atoms with Crippen molar-refractivity contribution in [2.24, 2.45) is 0 Å². The molecule has 1 fully saturated rings. The summed E-state index contributed by atoms with van der Waals surface area (Å²) in [4.78, 5) is 4.79. The van der Waals surface area contributed by atoms with Gasteiger partial charge in [-0.05, 0) is 32.4 Å². The fraction of sp³-hybridized carbons (Fsp3) is 0.471. The van der Waals surface area contributed by atoms with E-state index < -0.39 is 0 Å². The molecule has 0 spiro atoms. The van der Waals surface area contributed by atoms with E-state index in [9.17, 15) is 0 Å². The molecular weight excluding hydrogens is 280 g/mol. The lowest BCUT2D eigenvalue weighted by molar-refractivity contribution is 0.0553. The number of nitrogens with one attached hydrogen (secondary N) is 1. The quantitative estimate of drug-likeness (QED) is 0.910. The number of aromatic nitrogens is 1. The van der Waals surface area contributed by atoms with Gasteiger partial charge in [0.25, 0.3) is 0 Å². The van der Waals surface area contributed by atoms with Crippen LogP contribution in [0.5, 0.6) is 0 Å². The normalized spacial score (nSPS) is 23.3. The minimum atomic E-state index is 0.212. The summed E-state index contributed by atoms with van der Waals surface area (Å²) in [6.45, 7) is 2.14. The van der Waals surface area contributed by atoms with Crippen LogP contribution >= 0.6 is 11.3 Å². The second-order valence-electron chi connectivity index (χ2n) is 5.65. The van der Waals surface area contributed by atoms with Crippen molar-refractivity contribution >= 4 is 11.3 Å². The van der Waals surface area contributed by atoms with E-state index in [1.165, 1.54) is 5.56 Å². The molecule has 3 rings (SSSR count). The van der Waals surface area contributed by atoms with Gasteiger partial charge in [0, 0.05) is 17.8 Å². The van der Waals surface area contributed by atoms with E-state index in [-0.39, 0.29) is 6.10 Å². The zero-order chi connectivity index (χ0) is 14.7. The van der Waals surface area contributed by atoms with E-state index in [4.69, 9.17) is 9.72 Å². The molecule has 1 N–H and O–H groups in total. The molecule has 1 saturated heterocycles. The number of thiazole rings is 1. The molecule has 0 saturated carbocycles. The predicted molar refractivity (Wildman–Crippen MR) is 86.6 cm³/mol. The van der Waals surface area contributed by atoms with E-state index in [0.717, 1.165) is 30.0 Å². The largest absolute Gasteiger partial charge is 0.368 e. The number of ether oxygens (including phenoxy) is 1. The fourth-order valence-corrected chi connectivity index (χ4v) is 3.73. The number of hydrogen-bond donors (Lipinski definition) is 1. The Kier molecular flexibility index (Phi) is 4.68. The zero-order valence-electron chi connectivity index (χ0n) is 12.6. The van der Waals surface area contributed by atoms with Crippen LogP contribution in [0.1, 0.15) is 48.2 Å². The Bertz CT molecular complexity index is 569. The van der Waals surface area contributed by atoms with Crippen LogP contribution in [-0.2, 0) is 11.2 Å². The minimum Gasteiger partial charge on any atom is -0.368 e. The summed E-state index contributed by atoms with van der Waals surface area (Å²) in [5, 5.41) is 6.70. The van der Waals surface area contributed by atoms with Crippen LogP contribution < -0.4 is 5.32 Å². The molecule has 4 heteroatoms. The summed E-state index contributed by atoms with van der Waals surface area (Å²) >= 11 is 1.73. The van der Waals surface area contributed by atoms with Gasteiger partial charge in [0.1, 0.15) is 11.1 Å². The second-order valence-corrected chi connectivity index (χ2v) is 6.54. The van der Waals surface area contributed by atoms with E-state index >= 15 is 0 Å². The molecule has 1 aromatic heterocycles. The van der Waals surface area contributed by atoms with Gasteiger partial charge in [-0.25, -0.2) is 4.98 Å². The van der Waals surface area contributed by atoms with Gasteiger partial charge in [-0.3, -0.25) is 0 Å². The lowest BCUT2D eigenvalue weighted by atomic mass is 10.0. The van der Waals surface area contributed by atoms with Crippen molar-refractivity contribution in [2.45, 2.75) is 44.4 Å². The van der Waals surface area contributed by atoms with Crippen LogP contribution in [0.15, 0.2) is 35.7 Å². The smallest absolute Gasteiger partial charge is 0.122 e. The maximum Gasteiger partial charge on any atom is 0.122 e. The van der Waals surface area contributed by atoms with Gasteiger partial charge >= 0.3 is 0 Å². The Balaban J connectivity index is 1.69. The first kappa shape index (κ1) is 14.7. The number of hydrogen-bond acceptors (Lipinski definition) is 4. The number of nitrogens with zero attached hydrogens (tertiary/aromatic N) is 1. The Morgan fingerprint density at radius 2 is 2.14 bits per heavy atom. The first-order valence-corrected chi connectivity index (χ1v) is 8.46. The molecule has 3 nitrogen and oxygen atoms in total.